The molecule has 0 unspecified atom stereocenters. The molecule has 0 saturated heterocycles. The minimum atomic E-state index is -2.37. The lowest BCUT2D eigenvalue weighted by atomic mass is 9.68. The minimum absolute atomic E-state index is 0.614. The van der Waals surface area contributed by atoms with Crippen molar-refractivity contribution < 1.29 is 39.5 Å². The Morgan fingerprint density at radius 2 is 0.680 bits per heavy atom. The molecule has 0 radical (unpaired) electrons. The number of halogens is 9. The molecule has 3 aromatic carbocycles. The van der Waals surface area contributed by atoms with Crippen LogP contribution in [0.1, 0.15) is 0 Å². The van der Waals surface area contributed by atoms with E-state index >= 15 is 0 Å². The Balaban J connectivity index is 2.84. The minimum Gasteiger partial charge on any atom is -0.205 e. The van der Waals surface area contributed by atoms with Gasteiger partial charge in [-0.15, -0.1) is 0 Å². The van der Waals surface area contributed by atoms with Crippen LogP contribution < -0.4 is 5.46 Å². The first-order valence-corrected chi connectivity index (χ1v) is 7.20. The standard InChI is InChI=1S/C15H5BF9/c1-16-6-2-4(10(20)14(24)12(22)8(2)18)7(17)5-3(6)9(19)13(23)15(25)11(5)21/h16H2,1H3/q-1. The van der Waals surface area contributed by atoms with E-state index in [1.54, 1.807) is 0 Å². The van der Waals surface area contributed by atoms with Crippen molar-refractivity contribution in [2.45, 2.75) is 6.82 Å². The molecule has 0 aliphatic rings. The van der Waals surface area contributed by atoms with E-state index in [-0.39, 0.29) is 0 Å². The molecule has 132 valence electrons. The highest BCUT2D eigenvalue weighted by Crippen LogP contribution is 2.35. The van der Waals surface area contributed by atoms with E-state index in [0.717, 1.165) is 0 Å². The van der Waals surface area contributed by atoms with Crippen LogP contribution in [0.25, 0.3) is 21.5 Å². The second kappa shape index (κ2) is 5.57. The van der Waals surface area contributed by atoms with Crippen LogP contribution in [0.5, 0.6) is 0 Å². The van der Waals surface area contributed by atoms with Gasteiger partial charge in [-0.2, -0.15) is 12.3 Å². The van der Waals surface area contributed by atoms with Crippen LogP contribution in [-0.4, -0.2) is 7.28 Å². The van der Waals surface area contributed by atoms with Crippen molar-refractivity contribution in [1.82, 2.24) is 0 Å². The van der Waals surface area contributed by atoms with Crippen LogP contribution in [0.4, 0.5) is 39.5 Å². The van der Waals surface area contributed by atoms with Crippen molar-refractivity contribution >= 4 is 34.3 Å². The maximum atomic E-state index is 14.5. The number of fused-ring (bicyclic) bond motifs is 2. The van der Waals surface area contributed by atoms with E-state index in [1.807, 2.05) is 0 Å². The smallest absolute Gasteiger partial charge is 0.198 e. The molecule has 0 nitrogen and oxygen atoms in total. The van der Waals surface area contributed by atoms with Crippen LogP contribution in [-0.2, 0) is 0 Å². The normalized spacial score (nSPS) is 11.8. The lowest BCUT2D eigenvalue weighted by Gasteiger charge is -2.19. The van der Waals surface area contributed by atoms with Gasteiger partial charge in [0.2, 0.25) is 0 Å². The van der Waals surface area contributed by atoms with E-state index in [1.165, 1.54) is 6.82 Å². The lowest BCUT2D eigenvalue weighted by Crippen LogP contribution is -2.21. The van der Waals surface area contributed by atoms with Gasteiger partial charge in [0.15, 0.2) is 46.5 Å². The number of hydrogen-bond acceptors (Lipinski definition) is 0. The average molecular weight is 367 g/mol. The molecular formula is C15H5BF9-. The van der Waals surface area contributed by atoms with Gasteiger partial charge in [0.1, 0.15) is 5.82 Å². The Morgan fingerprint density at radius 3 is 0.960 bits per heavy atom. The largest absolute Gasteiger partial charge is 0.205 e. The van der Waals surface area contributed by atoms with E-state index < -0.39 is 86.6 Å². The molecule has 10 heteroatoms. The predicted molar refractivity (Wildman–Crippen MR) is 75.1 cm³/mol. The quantitative estimate of drug-likeness (QED) is 0.200. The molecule has 0 amide bonds. The van der Waals surface area contributed by atoms with Gasteiger partial charge >= 0.3 is 0 Å². The van der Waals surface area contributed by atoms with Crippen molar-refractivity contribution in [3.63, 3.8) is 0 Å². The maximum absolute atomic E-state index is 14.5. The van der Waals surface area contributed by atoms with Crippen LogP contribution in [0.2, 0.25) is 6.82 Å². The Hall–Kier alpha value is -2.39. The highest BCUT2D eigenvalue weighted by Gasteiger charge is 2.30. The maximum Gasteiger partial charge on any atom is 0.198 e. The Kier molecular flexibility index (Phi) is 3.88. The van der Waals surface area contributed by atoms with Crippen LogP contribution >= 0.6 is 0 Å². The first-order valence-electron chi connectivity index (χ1n) is 7.20. The third-order valence-electron chi connectivity index (χ3n) is 4.22. The third-order valence-corrected chi connectivity index (χ3v) is 4.22. The monoisotopic (exact) mass is 367 g/mol. The zero-order chi connectivity index (χ0) is 18.8. The van der Waals surface area contributed by atoms with Gasteiger partial charge in [-0.3, -0.25) is 0 Å². The summed E-state index contributed by atoms with van der Waals surface area (Å²) in [4.78, 5) is 0. The van der Waals surface area contributed by atoms with Gasteiger partial charge in [0, 0.05) is 0 Å². The fourth-order valence-corrected chi connectivity index (χ4v) is 3.13. The first kappa shape index (κ1) is 17.4. The highest BCUT2D eigenvalue weighted by atomic mass is 19.2. The fourth-order valence-electron chi connectivity index (χ4n) is 3.13. The Bertz CT molecular complexity index is 994. The summed E-state index contributed by atoms with van der Waals surface area (Å²) in [6, 6.07) is 0. The average Bonchev–Trinajstić information content (AvgIpc) is 2.59. The SMILES string of the molecule is C[BH2-]c1c2c(F)c(F)c(F)c(F)c2c(F)c2c(F)c(F)c(F)c(F)c12. The summed E-state index contributed by atoms with van der Waals surface area (Å²) in [6.45, 7) is 1.31. The summed E-state index contributed by atoms with van der Waals surface area (Å²) in [5.74, 6) is -19.8. The van der Waals surface area contributed by atoms with Crippen molar-refractivity contribution in [2.24, 2.45) is 0 Å². The van der Waals surface area contributed by atoms with E-state index in [9.17, 15) is 39.5 Å². The molecule has 0 aromatic heterocycles. The molecule has 0 aliphatic heterocycles. The molecule has 25 heavy (non-hydrogen) atoms. The molecule has 0 bridgehead atoms. The summed E-state index contributed by atoms with van der Waals surface area (Å²) in [5.41, 5.74) is -0.614. The van der Waals surface area contributed by atoms with Crippen molar-refractivity contribution in [1.29, 1.82) is 0 Å². The van der Waals surface area contributed by atoms with Crippen LogP contribution in [0, 0.1) is 52.4 Å². The zero-order valence-electron chi connectivity index (χ0n) is 12.4. The zero-order valence-corrected chi connectivity index (χ0v) is 12.4. The number of hydrogen-bond donors (Lipinski definition) is 0. The van der Waals surface area contributed by atoms with Gasteiger partial charge in [-0.05, 0) is 18.1 Å². The topological polar surface area (TPSA) is 0 Å². The van der Waals surface area contributed by atoms with Gasteiger partial charge in [-0.25, -0.2) is 39.5 Å². The molecule has 0 spiro atoms. The van der Waals surface area contributed by atoms with Gasteiger partial charge in [0.05, 0.1) is 10.8 Å². The van der Waals surface area contributed by atoms with E-state index in [0.29, 0.717) is 0 Å². The van der Waals surface area contributed by atoms with Crippen LogP contribution in [0.15, 0.2) is 0 Å². The molecule has 0 heterocycles. The summed E-state index contributed by atoms with van der Waals surface area (Å²) in [6.07, 6.45) is 0. The Labute approximate surface area is 134 Å². The summed E-state index contributed by atoms with van der Waals surface area (Å²) in [7, 11) is -1.72. The summed E-state index contributed by atoms with van der Waals surface area (Å²) < 4.78 is 124. The van der Waals surface area contributed by atoms with E-state index in [2.05, 4.69) is 0 Å². The molecule has 0 atom stereocenters. The number of rotatable bonds is 1. The molecule has 0 N–H and O–H groups in total. The summed E-state index contributed by atoms with van der Waals surface area (Å²) in [5, 5.41) is -5.30. The first-order chi connectivity index (χ1) is 11.6. The highest BCUT2D eigenvalue weighted by molar-refractivity contribution is 6.60. The van der Waals surface area contributed by atoms with Gasteiger partial charge in [-0.1, -0.05) is 0 Å². The molecule has 3 rings (SSSR count). The Morgan fingerprint density at radius 1 is 0.400 bits per heavy atom. The molecule has 0 aliphatic carbocycles. The van der Waals surface area contributed by atoms with Crippen molar-refractivity contribution in [3.8, 4) is 0 Å². The van der Waals surface area contributed by atoms with Crippen LogP contribution in [0.3, 0.4) is 0 Å². The van der Waals surface area contributed by atoms with E-state index in [4.69, 9.17) is 0 Å². The van der Waals surface area contributed by atoms with Gasteiger partial charge < -0.3 is 0 Å². The molecule has 0 saturated carbocycles. The van der Waals surface area contributed by atoms with Crippen molar-refractivity contribution in [2.75, 3.05) is 0 Å². The van der Waals surface area contributed by atoms with Gasteiger partial charge in [0.25, 0.3) is 0 Å². The third kappa shape index (κ3) is 2.05. The summed E-state index contributed by atoms with van der Waals surface area (Å²) >= 11 is 0. The second-order valence-electron chi connectivity index (χ2n) is 5.45. The predicted octanol–water partition coefficient (Wildman–Crippen LogP) is 4.09. The lowest BCUT2D eigenvalue weighted by molar-refractivity contribution is 0.413. The fraction of sp³-hybridized carbons (Fsp3) is 0.0667. The van der Waals surface area contributed by atoms with Crippen molar-refractivity contribution in [3.05, 3.63) is 52.4 Å². The molecule has 3 aromatic rings. The second-order valence-corrected chi connectivity index (χ2v) is 5.45. The molecular weight excluding hydrogens is 362 g/mol. The molecule has 0 fully saturated rings. The number of benzene rings is 3.